The molecule has 0 saturated carbocycles. The van der Waals surface area contributed by atoms with Crippen LogP contribution in [0.15, 0.2) is 22.7 Å². The first-order chi connectivity index (χ1) is 13.0. The first kappa shape index (κ1) is 18.0. The van der Waals surface area contributed by atoms with E-state index < -0.39 is 0 Å². The fourth-order valence-electron chi connectivity index (χ4n) is 4.54. The Balaban J connectivity index is 1.53. The second-order valence-corrected chi connectivity index (χ2v) is 7.58. The van der Waals surface area contributed by atoms with Crippen LogP contribution in [-0.2, 0) is 0 Å². The number of carbonyl (C=O) groups excluding carboxylic acids is 1. The molecule has 2 saturated heterocycles. The van der Waals surface area contributed by atoms with Crippen molar-refractivity contribution < 1.29 is 13.7 Å². The van der Waals surface area contributed by atoms with Gasteiger partial charge in [0.25, 0.3) is 0 Å². The van der Waals surface area contributed by atoms with Gasteiger partial charge in [-0.3, -0.25) is 4.90 Å². The summed E-state index contributed by atoms with van der Waals surface area (Å²) < 4.78 is 18.7. The lowest BCUT2D eigenvalue weighted by atomic mass is 10.0. The Morgan fingerprint density at radius 3 is 2.70 bits per heavy atom. The quantitative estimate of drug-likeness (QED) is 0.890. The van der Waals surface area contributed by atoms with E-state index in [1.54, 1.807) is 6.07 Å². The van der Waals surface area contributed by atoms with Crippen molar-refractivity contribution in [1.29, 1.82) is 0 Å². The van der Waals surface area contributed by atoms with Crippen molar-refractivity contribution in [3.05, 3.63) is 24.0 Å². The summed E-state index contributed by atoms with van der Waals surface area (Å²) in [4.78, 5) is 18.9. The highest BCUT2D eigenvalue weighted by molar-refractivity contribution is 5.88. The third-order valence-electron chi connectivity index (χ3n) is 5.86. The van der Waals surface area contributed by atoms with Crippen LogP contribution in [0.3, 0.4) is 0 Å². The second kappa shape index (κ2) is 6.67. The molecule has 1 aromatic heterocycles. The topological polar surface area (TPSA) is 64.9 Å². The SMILES string of the molecule is CCC1(N2CCN(c3noc4cc(F)ccc34)CC2)CNC(=O)N1C(C)C. The van der Waals surface area contributed by atoms with Crippen molar-refractivity contribution in [2.45, 2.75) is 38.9 Å². The van der Waals surface area contributed by atoms with E-state index in [0.29, 0.717) is 12.1 Å². The average molecular weight is 375 g/mol. The Morgan fingerprint density at radius 1 is 1.30 bits per heavy atom. The van der Waals surface area contributed by atoms with Crippen molar-refractivity contribution in [3.63, 3.8) is 0 Å². The van der Waals surface area contributed by atoms with E-state index in [1.165, 1.54) is 12.1 Å². The minimum absolute atomic E-state index is 0.0128. The standard InChI is InChI=1S/C19H26FN5O2/c1-4-19(12-21-18(26)25(19)13(2)3)24-9-7-23(8-10-24)17-15-6-5-14(20)11-16(15)27-22-17/h5-6,11,13H,4,7-10,12H2,1-3H3,(H,21,26). The highest BCUT2D eigenvalue weighted by atomic mass is 19.1. The number of halogens is 1. The molecule has 1 aromatic carbocycles. The van der Waals surface area contributed by atoms with Crippen LogP contribution in [-0.4, -0.2) is 65.4 Å². The molecule has 0 bridgehead atoms. The maximum absolute atomic E-state index is 13.4. The van der Waals surface area contributed by atoms with Gasteiger partial charge < -0.3 is 19.6 Å². The highest BCUT2D eigenvalue weighted by Crippen LogP contribution is 2.33. The lowest BCUT2D eigenvalue weighted by Crippen LogP contribution is -2.65. The van der Waals surface area contributed by atoms with Gasteiger partial charge in [-0.05, 0) is 32.4 Å². The van der Waals surface area contributed by atoms with E-state index in [0.717, 1.165) is 43.8 Å². The molecule has 2 amide bonds. The Hall–Kier alpha value is -2.35. The number of benzene rings is 1. The number of hydrogen-bond acceptors (Lipinski definition) is 5. The molecule has 2 fully saturated rings. The van der Waals surface area contributed by atoms with Gasteiger partial charge in [0.2, 0.25) is 0 Å². The maximum atomic E-state index is 13.4. The third-order valence-corrected chi connectivity index (χ3v) is 5.86. The summed E-state index contributed by atoms with van der Waals surface area (Å²) in [7, 11) is 0. The molecule has 7 nitrogen and oxygen atoms in total. The molecule has 146 valence electrons. The second-order valence-electron chi connectivity index (χ2n) is 7.58. The average Bonchev–Trinajstić information content (AvgIpc) is 3.23. The van der Waals surface area contributed by atoms with Gasteiger partial charge in [0.15, 0.2) is 11.4 Å². The van der Waals surface area contributed by atoms with Gasteiger partial charge >= 0.3 is 6.03 Å². The van der Waals surface area contributed by atoms with Crippen molar-refractivity contribution in [2.24, 2.45) is 0 Å². The molecule has 1 unspecified atom stereocenters. The monoisotopic (exact) mass is 375 g/mol. The minimum atomic E-state index is -0.327. The van der Waals surface area contributed by atoms with Crippen molar-refractivity contribution in [1.82, 2.24) is 20.3 Å². The molecular weight excluding hydrogens is 349 g/mol. The number of aromatic nitrogens is 1. The smallest absolute Gasteiger partial charge is 0.319 e. The molecule has 2 aliphatic rings. The Morgan fingerprint density at radius 2 is 2.04 bits per heavy atom. The van der Waals surface area contributed by atoms with Gasteiger partial charge in [-0.2, -0.15) is 0 Å². The van der Waals surface area contributed by atoms with Gasteiger partial charge in [0.1, 0.15) is 11.5 Å². The third kappa shape index (κ3) is 2.82. The molecule has 2 aromatic rings. The number of hydrogen-bond donors (Lipinski definition) is 1. The number of carbonyl (C=O) groups is 1. The zero-order valence-corrected chi connectivity index (χ0v) is 16.0. The van der Waals surface area contributed by atoms with Gasteiger partial charge in [-0.1, -0.05) is 12.1 Å². The lowest BCUT2D eigenvalue weighted by Gasteiger charge is -2.50. The predicted octanol–water partition coefficient (Wildman–Crippen LogP) is 2.63. The Labute approximate surface area is 158 Å². The van der Waals surface area contributed by atoms with Crippen LogP contribution in [0.4, 0.5) is 15.0 Å². The molecule has 3 heterocycles. The molecule has 0 radical (unpaired) electrons. The maximum Gasteiger partial charge on any atom is 0.319 e. The van der Waals surface area contributed by atoms with E-state index in [9.17, 15) is 9.18 Å². The van der Waals surface area contributed by atoms with Gasteiger partial charge in [-0.15, -0.1) is 0 Å². The molecule has 27 heavy (non-hydrogen) atoms. The number of piperazine rings is 1. The van der Waals surface area contributed by atoms with E-state index in [-0.39, 0.29) is 23.6 Å². The Kier molecular flexibility index (Phi) is 4.46. The normalized spacial score (nSPS) is 24.3. The minimum Gasteiger partial charge on any atom is -0.354 e. The fourth-order valence-corrected chi connectivity index (χ4v) is 4.54. The zero-order valence-electron chi connectivity index (χ0n) is 16.0. The van der Waals surface area contributed by atoms with Crippen LogP contribution in [0.2, 0.25) is 0 Å². The molecule has 0 spiro atoms. The summed E-state index contributed by atoms with van der Waals surface area (Å²) >= 11 is 0. The van der Waals surface area contributed by atoms with Crippen LogP contribution in [0.5, 0.6) is 0 Å². The first-order valence-corrected chi connectivity index (χ1v) is 9.58. The van der Waals surface area contributed by atoms with Gasteiger partial charge in [0.05, 0.1) is 11.9 Å². The highest BCUT2D eigenvalue weighted by Gasteiger charge is 2.50. The molecule has 1 atom stereocenters. The molecule has 1 N–H and O–H groups in total. The molecular formula is C19H26FN5O2. The number of fused-ring (bicyclic) bond motifs is 1. The molecule has 8 heteroatoms. The van der Waals surface area contributed by atoms with Crippen LogP contribution in [0, 0.1) is 5.82 Å². The number of rotatable bonds is 4. The summed E-state index contributed by atoms with van der Waals surface area (Å²) in [6, 6.07) is 4.67. The van der Waals surface area contributed by atoms with Gasteiger partial charge in [0, 0.05) is 38.3 Å². The van der Waals surface area contributed by atoms with E-state index in [1.807, 2.05) is 4.90 Å². The molecule has 4 rings (SSSR count). The van der Waals surface area contributed by atoms with E-state index >= 15 is 0 Å². The summed E-state index contributed by atoms with van der Waals surface area (Å²) in [5.41, 5.74) is 0.181. The number of urea groups is 1. The van der Waals surface area contributed by atoms with Crippen molar-refractivity contribution >= 4 is 22.8 Å². The van der Waals surface area contributed by atoms with Crippen molar-refractivity contribution in [2.75, 3.05) is 37.6 Å². The molecule has 2 aliphatic heterocycles. The summed E-state index contributed by atoms with van der Waals surface area (Å²) in [5, 5.41) is 8.02. The predicted molar refractivity (Wildman–Crippen MR) is 101 cm³/mol. The van der Waals surface area contributed by atoms with Crippen LogP contribution in [0.25, 0.3) is 11.0 Å². The lowest BCUT2D eigenvalue weighted by molar-refractivity contribution is -0.0262. The fraction of sp³-hybridized carbons (Fsp3) is 0.579. The summed E-state index contributed by atoms with van der Waals surface area (Å²) in [5.74, 6) is 0.434. The Bertz CT molecular complexity index is 846. The van der Waals surface area contributed by atoms with E-state index in [4.69, 9.17) is 4.52 Å². The summed E-state index contributed by atoms with van der Waals surface area (Å²) in [6.07, 6.45) is 0.871. The van der Waals surface area contributed by atoms with E-state index in [2.05, 4.69) is 41.0 Å². The van der Waals surface area contributed by atoms with Crippen LogP contribution in [0.1, 0.15) is 27.2 Å². The zero-order chi connectivity index (χ0) is 19.2. The number of anilines is 1. The number of nitrogens with one attached hydrogen (secondary N) is 1. The first-order valence-electron chi connectivity index (χ1n) is 9.58. The van der Waals surface area contributed by atoms with Crippen molar-refractivity contribution in [3.8, 4) is 0 Å². The molecule has 0 aliphatic carbocycles. The number of nitrogens with zero attached hydrogens (tertiary/aromatic N) is 4. The summed E-state index contributed by atoms with van der Waals surface area (Å²) in [6.45, 7) is 10.1. The number of amides is 2. The van der Waals surface area contributed by atoms with Crippen LogP contribution >= 0.6 is 0 Å². The van der Waals surface area contributed by atoms with Crippen LogP contribution < -0.4 is 10.2 Å². The van der Waals surface area contributed by atoms with Gasteiger partial charge in [-0.25, -0.2) is 9.18 Å². The largest absolute Gasteiger partial charge is 0.354 e.